The first-order valence-corrected chi connectivity index (χ1v) is 12.6. The molecule has 1 unspecified atom stereocenters. The van der Waals surface area contributed by atoms with E-state index in [0.29, 0.717) is 17.0 Å². The predicted octanol–water partition coefficient (Wildman–Crippen LogP) is 6.21. The van der Waals surface area contributed by atoms with E-state index >= 15 is 0 Å². The van der Waals surface area contributed by atoms with Gasteiger partial charge in [-0.2, -0.15) is 4.37 Å². The molecule has 9 heteroatoms. The maximum absolute atomic E-state index is 13.9. The Kier molecular flexibility index (Phi) is 7.76. The van der Waals surface area contributed by atoms with E-state index in [1.54, 1.807) is 37.4 Å². The van der Waals surface area contributed by atoms with Crippen LogP contribution < -0.4 is 15.0 Å². The molecule has 6 nitrogen and oxygen atoms in total. The van der Waals surface area contributed by atoms with Crippen molar-refractivity contribution in [1.82, 2.24) is 9.69 Å². The molecule has 1 aromatic heterocycles. The highest BCUT2D eigenvalue weighted by Gasteiger charge is 2.37. The van der Waals surface area contributed by atoms with Crippen molar-refractivity contribution >= 4 is 52.2 Å². The summed E-state index contributed by atoms with van der Waals surface area (Å²) >= 11 is 13.4. The van der Waals surface area contributed by atoms with Crippen LogP contribution >= 0.6 is 34.7 Å². The molecule has 1 aliphatic carbocycles. The zero-order chi connectivity index (χ0) is 24.2. The van der Waals surface area contributed by atoms with Gasteiger partial charge in [-0.25, -0.2) is 0 Å². The van der Waals surface area contributed by atoms with Crippen LogP contribution in [0.3, 0.4) is 0 Å². The van der Waals surface area contributed by atoms with Gasteiger partial charge in [0.2, 0.25) is 5.91 Å². The summed E-state index contributed by atoms with van der Waals surface area (Å²) in [5.41, 5.74) is 2.17. The molecule has 1 saturated carbocycles. The van der Waals surface area contributed by atoms with E-state index in [1.165, 1.54) is 4.90 Å². The molecule has 1 fully saturated rings. The summed E-state index contributed by atoms with van der Waals surface area (Å²) in [5, 5.41) is 3.24. The molecule has 0 saturated heterocycles. The van der Waals surface area contributed by atoms with Gasteiger partial charge in [-0.3, -0.25) is 14.5 Å². The molecule has 178 valence electrons. The number of hydrogen-bond acceptors (Lipinski definition) is 5. The largest absolute Gasteiger partial charge is 0.497 e. The number of carbonyl (C=O) groups is 2. The number of nitrogens with one attached hydrogen (secondary N) is 1. The van der Waals surface area contributed by atoms with Gasteiger partial charge in [0, 0.05) is 11.7 Å². The maximum atomic E-state index is 13.9. The van der Waals surface area contributed by atoms with Gasteiger partial charge in [-0.05, 0) is 66.7 Å². The number of aromatic nitrogens is 1. The normalized spacial score (nSPS) is 14.6. The second-order valence-electron chi connectivity index (χ2n) is 8.30. The Hall–Kier alpha value is -2.61. The topological polar surface area (TPSA) is 71.5 Å². The number of carbonyl (C=O) groups excluding carboxylic acids is 2. The molecule has 0 radical (unpaired) electrons. The molecule has 34 heavy (non-hydrogen) atoms. The summed E-state index contributed by atoms with van der Waals surface area (Å²) in [6, 6.07) is 13.7. The van der Waals surface area contributed by atoms with Gasteiger partial charge in [0.05, 0.1) is 7.11 Å². The average molecular weight is 518 g/mol. The van der Waals surface area contributed by atoms with E-state index in [1.807, 2.05) is 25.1 Å². The molecule has 1 atom stereocenters. The molecule has 0 aliphatic heterocycles. The van der Waals surface area contributed by atoms with Crippen molar-refractivity contribution in [3.05, 3.63) is 74.7 Å². The van der Waals surface area contributed by atoms with Crippen molar-refractivity contribution in [1.29, 1.82) is 0 Å². The van der Waals surface area contributed by atoms with E-state index in [9.17, 15) is 9.59 Å². The lowest BCUT2D eigenvalue weighted by atomic mass is 10.0. The number of nitrogens with zero attached hydrogens (tertiary/aromatic N) is 2. The van der Waals surface area contributed by atoms with Gasteiger partial charge in [0.25, 0.3) is 5.91 Å². The molecule has 0 spiro atoms. The fraction of sp³-hybridized carbons (Fsp3) is 0.320. The minimum atomic E-state index is -0.947. The Bertz CT molecular complexity index is 1180. The molecule has 1 N–H and O–H groups in total. The number of methoxy groups -OCH3 is 1. The van der Waals surface area contributed by atoms with Crippen LogP contribution in [0.4, 0.5) is 5.69 Å². The first-order chi connectivity index (χ1) is 16.4. The molecule has 0 bridgehead atoms. The first-order valence-electron chi connectivity index (χ1n) is 11.0. The van der Waals surface area contributed by atoms with Crippen LogP contribution in [0.25, 0.3) is 0 Å². The van der Waals surface area contributed by atoms with Crippen LogP contribution in [0.5, 0.6) is 5.75 Å². The number of ether oxygens (including phenoxy) is 1. The predicted molar refractivity (Wildman–Crippen MR) is 136 cm³/mol. The zero-order valence-electron chi connectivity index (χ0n) is 18.9. The van der Waals surface area contributed by atoms with Crippen LogP contribution in [0.15, 0.2) is 48.5 Å². The number of rotatable bonds is 7. The van der Waals surface area contributed by atoms with Crippen LogP contribution in [0.2, 0.25) is 9.36 Å². The van der Waals surface area contributed by atoms with Crippen LogP contribution in [0.1, 0.15) is 53.3 Å². The number of amides is 2. The number of hydrogen-bond donors (Lipinski definition) is 1. The van der Waals surface area contributed by atoms with Gasteiger partial charge < -0.3 is 10.1 Å². The number of benzene rings is 2. The molecular weight excluding hydrogens is 493 g/mol. The highest BCUT2D eigenvalue weighted by atomic mass is 35.5. The minimum Gasteiger partial charge on any atom is -0.497 e. The molecule has 4 rings (SSSR count). The quantitative estimate of drug-likeness (QED) is 0.404. The third-order valence-electron chi connectivity index (χ3n) is 5.94. The van der Waals surface area contributed by atoms with Crippen molar-refractivity contribution in [2.75, 3.05) is 12.0 Å². The van der Waals surface area contributed by atoms with Crippen molar-refractivity contribution in [3.8, 4) is 5.75 Å². The van der Waals surface area contributed by atoms with E-state index in [0.717, 1.165) is 42.8 Å². The summed E-state index contributed by atoms with van der Waals surface area (Å²) in [6.07, 6.45) is 4.00. The Morgan fingerprint density at radius 2 is 1.85 bits per heavy atom. The molecule has 2 aromatic carbocycles. The van der Waals surface area contributed by atoms with E-state index in [-0.39, 0.29) is 27.0 Å². The van der Waals surface area contributed by atoms with Gasteiger partial charge in [-0.1, -0.05) is 60.3 Å². The smallest absolute Gasteiger partial charge is 0.280 e. The van der Waals surface area contributed by atoms with Gasteiger partial charge in [0.1, 0.15) is 21.2 Å². The van der Waals surface area contributed by atoms with Crippen molar-refractivity contribution in [2.45, 2.75) is 44.7 Å². The third kappa shape index (κ3) is 5.22. The SMILES string of the molecule is COc1ccc(C(C(=O)NC2CCCC2)N(C(=O)c2nsc(Cl)c2Cl)c2cccc(C)c2)cc1. The molecule has 1 aliphatic rings. The summed E-state index contributed by atoms with van der Waals surface area (Å²) in [6.45, 7) is 1.93. The zero-order valence-corrected chi connectivity index (χ0v) is 21.2. The summed E-state index contributed by atoms with van der Waals surface area (Å²) in [7, 11) is 1.58. The highest BCUT2D eigenvalue weighted by Crippen LogP contribution is 2.36. The molecular formula is C25H25Cl2N3O3S. The summed E-state index contributed by atoms with van der Waals surface area (Å²) in [4.78, 5) is 29.1. The van der Waals surface area contributed by atoms with E-state index < -0.39 is 11.9 Å². The average Bonchev–Trinajstić information content (AvgIpc) is 3.46. The third-order valence-corrected chi connectivity index (χ3v) is 7.55. The number of anilines is 1. The van der Waals surface area contributed by atoms with Gasteiger partial charge >= 0.3 is 0 Å². The molecule has 3 aromatic rings. The van der Waals surface area contributed by atoms with Gasteiger partial charge in [0.15, 0.2) is 5.69 Å². The van der Waals surface area contributed by atoms with Crippen LogP contribution in [-0.2, 0) is 4.79 Å². The fourth-order valence-electron chi connectivity index (χ4n) is 4.22. The Balaban J connectivity index is 1.84. The lowest BCUT2D eigenvalue weighted by Gasteiger charge is -2.32. The summed E-state index contributed by atoms with van der Waals surface area (Å²) < 4.78 is 9.70. The number of halogens is 2. The van der Waals surface area contributed by atoms with Crippen molar-refractivity contribution < 1.29 is 14.3 Å². The standard InChI is InChI=1S/C25H25Cl2N3O3S/c1-15-6-5-9-18(14-15)30(25(32)21-20(26)23(27)34-29-21)22(16-10-12-19(33-2)13-11-16)24(31)28-17-7-3-4-8-17/h5-6,9-14,17,22H,3-4,7-8H2,1-2H3,(H,28,31). The van der Waals surface area contributed by atoms with Crippen molar-refractivity contribution in [3.63, 3.8) is 0 Å². The monoisotopic (exact) mass is 517 g/mol. The van der Waals surface area contributed by atoms with E-state index in [2.05, 4.69) is 9.69 Å². The highest BCUT2D eigenvalue weighted by molar-refractivity contribution is 7.11. The Morgan fingerprint density at radius 1 is 1.15 bits per heavy atom. The molecule has 2 amide bonds. The van der Waals surface area contributed by atoms with Gasteiger partial charge in [-0.15, -0.1) is 0 Å². The summed E-state index contributed by atoms with van der Waals surface area (Å²) in [5.74, 6) is -0.105. The maximum Gasteiger partial charge on any atom is 0.280 e. The Labute approximate surface area is 213 Å². The second kappa shape index (κ2) is 10.8. The lowest BCUT2D eigenvalue weighted by molar-refractivity contribution is -0.123. The number of aryl methyl sites for hydroxylation is 1. The first kappa shape index (κ1) is 24.5. The second-order valence-corrected chi connectivity index (χ2v) is 10.1. The lowest BCUT2D eigenvalue weighted by Crippen LogP contribution is -2.46. The molecule has 1 heterocycles. The van der Waals surface area contributed by atoms with Crippen LogP contribution in [-0.4, -0.2) is 29.3 Å². The van der Waals surface area contributed by atoms with E-state index in [4.69, 9.17) is 27.9 Å². The Morgan fingerprint density at radius 3 is 2.44 bits per heavy atom. The fourth-order valence-corrected chi connectivity index (χ4v) is 5.21. The van der Waals surface area contributed by atoms with Crippen LogP contribution in [0, 0.1) is 6.92 Å². The minimum absolute atomic E-state index is 0.0188. The van der Waals surface area contributed by atoms with Crippen molar-refractivity contribution in [2.24, 2.45) is 0 Å².